The highest BCUT2D eigenvalue weighted by atomic mass is 19.4. The SMILES string of the molecule is C[C@H](OC(=O)COc1ccc2c(c1)CCC2)C(=O)Nc1ccccc1C(F)(F)F. The number of hydrogen-bond donors (Lipinski definition) is 1. The minimum absolute atomic E-state index is 0.401. The van der Waals surface area contributed by atoms with Crippen LogP contribution < -0.4 is 10.1 Å². The van der Waals surface area contributed by atoms with Crippen molar-refractivity contribution >= 4 is 17.6 Å². The van der Waals surface area contributed by atoms with Crippen LogP contribution in [0.3, 0.4) is 0 Å². The van der Waals surface area contributed by atoms with Crippen molar-refractivity contribution in [2.45, 2.75) is 38.5 Å². The molecule has 0 aliphatic heterocycles. The number of ether oxygens (including phenoxy) is 2. The Hall–Kier alpha value is -3.03. The maximum atomic E-state index is 13.0. The van der Waals surface area contributed by atoms with Crippen molar-refractivity contribution in [2.75, 3.05) is 11.9 Å². The van der Waals surface area contributed by atoms with Crippen molar-refractivity contribution < 1.29 is 32.2 Å². The molecular formula is C21H20F3NO4. The fraction of sp³-hybridized carbons (Fsp3) is 0.333. The first-order chi connectivity index (χ1) is 13.7. The van der Waals surface area contributed by atoms with Crippen molar-refractivity contribution in [3.8, 4) is 5.75 Å². The van der Waals surface area contributed by atoms with Crippen LogP contribution in [0.25, 0.3) is 0 Å². The first kappa shape index (κ1) is 20.7. The van der Waals surface area contributed by atoms with Gasteiger partial charge >= 0.3 is 12.1 Å². The zero-order chi connectivity index (χ0) is 21.0. The molecule has 0 saturated heterocycles. The summed E-state index contributed by atoms with van der Waals surface area (Å²) in [5, 5.41) is 2.15. The number of fused-ring (bicyclic) bond motifs is 1. The molecule has 0 heterocycles. The monoisotopic (exact) mass is 407 g/mol. The number of amides is 1. The molecule has 29 heavy (non-hydrogen) atoms. The van der Waals surface area contributed by atoms with Crippen LogP contribution in [0.15, 0.2) is 42.5 Å². The van der Waals surface area contributed by atoms with Gasteiger partial charge in [0, 0.05) is 0 Å². The van der Waals surface area contributed by atoms with Crippen molar-refractivity contribution in [3.63, 3.8) is 0 Å². The molecule has 0 saturated carbocycles. The highest BCUT2D eigenvalue weighted by molar-refractivity contribution is 5.95. The first-order valence-electron chi connectivity index (χ1n) is 9.15. The largest absolute Gasteiger partial charge is 0.482 e. The molecule has 3 rings (SSSR count). The fourth-order valence-electron chi connectivity index (χ4n) is 3.14. The molecule has 0 aromatic heterocycles. The van der Waals surface area contributed by atoms with Gasteiger partial charge in [0.05, 0.1) is 11.3 Å². The number of anilines is 1. The Kier molecular flexibility index (Phi) is 6.10. The fourth-order valence-corrected chi connectivity index (χ4v) is 3.14. The van der Waals surface area contributed by atoms with Crippen molar-refractivity contribution in [3.05, 3.63) is 59.2 Å². The molecule has 0 spiro atoms. The van der Waals surface area contributed by atoms with Gasteiger partial charge in [-0.05, 0) is 61.6 Å². The molecule has 0 fully saturated rings. The normalized spacial score (nSPS) is 14.1. The average Bonchev–Trinajstić information content (AvgIpc) is 3.13. The van der Waals surface area contributed by atoms with Crippen molar-refractivity contribution in [1.82, 2.24) is 0 Å². The highest BCUT2D eigenvalue weighted by Crippen LogP contribution is 2.34. The van der Waals surface area contributed by atoms with Gasteiger partial charge in [0.2, 0.25) is 0 Å². The Morgan fingerprint density at radius 3 is 2.59 bits per heavy atom. The molecule has 0 bridgehead atoms. The lowest BCUT2D eigenvalue weighted by Gasteiger charge is -2.17. The number of hydrogen-bond acceptors (Lipinski definition) is 4. The lowest BCUT2D eigenvalue weighted by Crippen LogP contribution is -2.32. The van der Waals surface area contributed by atoms with E-state index in [-0.39, 0.29) is 0 Å². The molecule has 2 aromatic carbocycles. The molecule has 8 heteroatoms. The summed E-state index contributed by atoms with van der Waals surface area (Å²) >= 11 is 0. The number of para-hydroxylation sites is 1. The van der Waals surface area contributed by atoms with Crippen LogP contribution in [-0.4, -0.2) is 24.6 Å². The molecule has 1 aliphatic carbocycles. The molecule has 0 unspecified atom stereocenters. The van der Waals surface area contributed by atoms with Gasteiger partial charge in [-0.2, -0.15) is 13.2 Å². The van der Waals surface area contributed by atoms with Crippen LogP contribution >= 0.6 is 0 Å². The molecule has 1 amide bonds. The van der Waals surface area contributed by atoms with Crippen LogP contribution in [0, 0.1) is 0 Å². The van der Waals surface area contributed by atoms with Gasteiger partial charge in [-0.1, -0.05) is 18.2 Å². The summed E-state index contributed by atoms with van der Waals surface area (Å²) in [6.07, 6.45) is -2.82. The molecular weight excluding hydrogens is 387 g/mol. The molecule has 5 nitrogen and oxygen atoms in total. The smallest absolute Gasteiger partial charge is 0.418 e. The number of rotatable bonds is 6. The summed E-state index contributed by atoms with van der Waals surface area (Å²) in [5.41, 5.74) is 1.07. The van der Waals surface area contributed by atoms with Crippen LogP contribution in [0.5, 0.6) is 5.75 Å². The number of esters is 1. The number of benzene rings is 2. The second-order valence-corrected chi connectivity index (χ2v) is 6.74. The van der Waals surface area contributed by atoms with Crippen LogP contribution in [0.4, 0.5) is 18.9 Å². The first-order valence-corrected chi connectivity index (χ1v) is 9.15. The van der Waals surface area contributed by atoms with Crippen LogP contribution in [-0.2, 0) is 33.3 Å². The van der Waals surface area contributed by atoms with E-state index >= 15 is 0 Å². The minimum Gasteiger partial charge on any atom is -0.482 e. The molecule has 1 aliphatic rings. The van der Waals surface area contributed by atoms with Gasteiger partial charge in [0.25, 0.3) is 5.91 Å². The van der Waals surface area contributed by atoms with Gasteiger partial charge in [-0.3, -0.25) is 4.79 Å². The van der Waals surface area contributed by atoms with E-state index in [2.05, 4.69) is 5.32 Å². The van der Waals surface area contributed by atoms with Crippen molar-refractivity contribution in [1.29, 1.82) is 0 Å². The predicted molar refractivity (Wildman–Crippen MR) is 99.6 cm³/mol. The van der Waals surface area contributed by atoms with Crippen LogP contribution in [0.2, 0.25) is 0 Å². The van der Waals surface area contributed by atoms with E-state index in [0.29, 0.717) is 5.75 Å². The van der Waals surface area contributed by atoms with E-state index in [1.54, 1.807) is 6.07 Å². The lowest BCUT2D eigenvalue weighted by atomic mass is 10.1. The van der Waals surface area contributed by atoms with Gasteiger partial charge in [-0.15, -0.1) is 0 Å². The van der Waals surface area contributed by atoms with E-state index in [9.17, 15) is 22.8 Å². The number of alkyl halides is 3. The average molecular weight is 407 g/mol. The Morgan fingerprint density at radius 2 is 1.83 bits per heavy atom. The topological polar surface area (TPSA) is 64.6 Å². The van der Waals surface area contributed by atoms with E-state index in [0.717, 1.165) is 31.4 Å². The lowest BCUT2D eigenvalue weighted by molar-refractivity contribution is -0.155. The van der Waals surface area contributed by atoms with E-state index < -0.39 is 42.0 Å². The Labute approximate surface area is 165 Å². The standard InChI is InChI=1S/C21H20F3NO4/c1-13(20(27)25-18-8-3-2-7-17(18)21(22,23)24)29-19(26)12-28-16-10-9-14-5-4-6-15(14)11-16/h2-3,7-11,13H,4-6,12H2,1H3,(H,25,27)/t13-/m0/s1. The maximum Gasteiger partial charge on any atom is 0.418 e. The third-order valence-electron chi connectivity index (χ3n) is 4.59. The molecule has 2 aromatic rings. The number of aryl methyl sites for hydroxylation is 2. The summed E-state index contributed by atoms with van der Waals surface area (Å²) in [5.74, 6) is -1.14. The number of nitrogens with one attached hydrogen (secondary N) is 1. The summed E-state index contributed by atoms with van der Waals surface area (Å²) in [4.78, 5) is 24.1. The zero-order valence-corrected chi connectivity index (χ0v) is 15.7. The summed E-state index contributed by atoms with van der Waals surface area (Å²) in [6.45, 7) is 0.869. The highest BCUT2D eigenvalue weighted by Gasteiger charge is 2.34. The molecule has 0 radical (unpaired) electrons. The quantitative estimate of drug-likeness (QED) is 0.731. The molecule has 1 atom stereocenters. The van der Waals surface area contributed by atoms with Gasteiger partial charge in [0.1, 0.15) is 5.75 Å². The predicted octanol–water partition coefficient (Wildman–Crippen LogP) is 4.14. The van der Waals surface area contributed by atoms with Crippen molar-refractivity contribution in [2.24, 2.45) is 0 Å². The van der Waals surface area contributed by atoms with E-state index in [1.807, 2.05) is 12.1 Å². The number of carbonyl (C=O) groups is 2. The van der Waals surface area contributed by atoms with E-state index in [1.165, 1.54) is 30.2 Å². The minimum atomic E-state index is -4.62. The number of carbonyl (C=O) groups excluding carboxylic acids is 2. The number of halogens is 3. The Morgan fingerprint density at radius 1 is 1.10 bits per heavy atom. The third kappa shape index (κ3) is 5.28. The third-order valence-corrected chi connectivity index (χ3v) is 4.59. The summed E-state index contributed by atoms with van der Waals surface area (Å²) in [7, 11) is 0. The summed E-state index contributed by atoms with van der Waals surface area (Å²) < 4.78 is 49.4. The second-order valence-electron chi connectivity index (χ2n) is 6.74. The molecule has 1 N–H and O–H groups in total. The second kappa shape index (κ2) is 8.55. The summed E-state index contributed by atoms with van der Waals surface area (Å²) in [6, 6.07) is 10.2. The zero-order valence-electron chi connectivity index (χ0n) is 15.7. The maximum absolute atomic E-state index is 13.0. The van der Waals surface area contributed by atoms with E-state index in [4.69, 9.17) is 9.47 Å². The van der Waals surface area contributed by atoms with Gasteiger partial charge in [-0.25, -0.2) is 4.79 Å². The van der Waals surface area contributed by atoms with Gasteiger partial charge < -0.3 is 14.8 Å². The Balaban J connectivity index is 1.52. The molecule has 154 valence electrons. The van der Waals surface area contributed by atoms with Crippen LogP contribution in [0.1, 0.15) is 30.0 Å². The van der Waals surface area contributed by atoms with Gasteiger partial charge in [0.15, 0.2) is 12.7 Å². The Bertz CT molecular complexity index is 911.